The molecule has 11 rings (SSSR count). The Morgan fingerprint density at radius 2 is 1.03 bits per heavy atom. The van der Waals surface area contributed by atoms with E-state index >= 15 is 0 Å². The third-order valence-electron chi connectivity index (χ3n) is 11.7. The molecule has 320 valence electrons. The van der Waals surface area contributed by atoms with Crippen LogP contribution in [0.5, 0.6) is 0 Å². The van der Waals surface area contributed by atoms with Crippen LogP contribution < -0.4 is 21.3 Å². The highest BCUT2D eigenvalue weighted by Crippen LogP contribution is 2.31. The SMILES string of the molecule is CC(C)CCNc1nc2ccccc2n2c(-c3ccc(C(=O)NC4CC4)cc3)cnc12.O=C(NC1CC1)c1ccc(-c2cnc3c(NCc4ccccc4)nc4ccccc4n23)cc1. The van der Waals surface area contributed by atoms with Gasteiger partial charge in [0.05, 0.1) is 45.8 Å². The monoisotopic (exact) mass is 846 g/mol. The van der Waals surface area contributed by atoms with Crippen molar-refractivity contribution in [3.8, 4) is 22.5 Å². The van der Waals surface area contributed by atoms with Crippen LogP contribution in [-0.2, 0) is 6.54 Å². The van der Waals surface area contributed by atoms with Crippen LogP contribution >= 0.6 is 0 Å². The lowest BCUT2D eigenvalue weighted by Crippen LogP contribution is -2.25. The largest absolute Gasteiger partial charge is 0.367 e. The summed E-state index contributed by atoms with van der Waals surface area (Å²) in [6.45, 7) is 5.95. The van der Waals surface area contributed by atoms with Gasteiger partial charge in [0.15, 0.2) is 22.9 Å². The van der Waals surface area contributed by atoms with Gasteiger partial charge in [-0.25, -0.2) is 19.9 Å². The van der Waals surface area contributed by atoms with E-state index < -0.39 is 0 Å². The Morgan fingerprint density at radius 3 is 1.50 bits per heavy atom. The average molecular weight is 847 g/mol. The number of hydrogen-bond donors (Lipinski definition) is 4. The van der Waals surface area contributed by atoms with Crippen molar-refractivity contribution >= 4 is 56.8 Å². The van der Waals surface area contributed by atoms with Crippen molar-refractivity contribution in [2.24, 2.45) is 5.92 Å². The molecule has 2 fully saturated rings. The summed E-state index contributed by atoms with van der Waals surface area (Å²) in [5.41, 5.74) is 11.9. The molecular formula is C52H50N10O2. The second kappa shape index (κ2) is 17.6. The van der Waals surface area contributed by atoms with Gasteiger partial charge in [-0.3, -0.25) is 18.4 Å². The molecule has 0 atom stereocenters. The standard InChI is InChI=1S/C27H23N5O.C25H27N5O/c33-27(30-21-14-15-21)20-12-10-19(11-13-20)24-17-29-26-25(28-16-18-6-2-1-3-7-18)31-22-8-4-5-9-23(22)32(24)26;1-16(2)13-14-26-23-24-27-15-22(30(24)21-6-4-3-5-20(21)29-23)17-7-9-18(10-8-17)25(31)28-19-11-12-19/h1-13,17,21H,14-16H2,(H,28,31)(H,30,33);3-10,15-16,19H,11-14H2,1-2H3,(H,26,29)(H,28,31). The summed E-state index contributed by atoms with van der Waals surface area (Å²) in [4.78, 5) is 43.8. The number of fused-ring (bicyclic) bond motifs is 6. The van der Waals surface area contributed by atoms with Crippen LogP contribution in [0.1, 0.15) is 72.2 Å². The van der Waals surface area contributed by atoms with E-state index in [1.54, 1.807) is 0 Å². The molecule has 5 aromatic carbocycles. The fraction of sp³-hybridized carbons (Fsp3) is 0.231. The number of hydrogen-bond acceptors (Lipinski definition) is 8. The molecule has 4 aromatic heterocycles. The van der Waals surface area contributed by atoms with E-state index in [1.807, 2.05) is 116 Å². The third kappa shape index (κ3) is 8.72. The predicted molar refractivity (Wildman–Crippen MR) is 255 cm³/mol. The molecule has 64 heavy (non-hydrogen) atoms. The van der Waals surface area contributed by atoms with Crippen LogP contribution in [-0.4, -0.2) is 59.2 Å². The Kier molecular flexibility index (Phi) is 11.2. The van der Waals surface area contributed by atoms with Crippen LogP contribution in [0.25, 0.3) is 55.9 Å². The number of para-hydroxylation sites is 4. The number of carbonyl (C=O) groups excluding carboxylic acids is 2. The van der Waals surface area contributed by atoms with Crippen molar-refractivity contribution in [2.45, 2.75) is 64.6 Å². The summed E-state index contributed by atoms with van der Waals surface area (Å²) in [7, 11) is 0. The van der Waals surface area contributed by atoms with E-state index in [-0.39, 0.29) is 11.8 Å². The summed E-state index contributed by atoms with van der Waals surface area (Å²) < 4.78 is 4.29. The van der Waals surface area contributed by atoms with Gasteiger partial charge in [0.2, 0.25) is 0 Å². The summed E-state index contributed by atoms with van der Waals surface area (Å²) >= 11 is 0. The molecule has 0 aliphatic heterocycles. The molecule has 0 spiro atoms. The fourth-order valence-corrected chi connectivity index (χ4v) is 7.84. The Labute approximate surface area is 371 Å². The number of carbonyl (C=O) groups is 2. The topological polar surface area (TPSA) is 143 Å². The molecule has 0 saturated heterocycles. The molecule has 0 bridgehead atoms. The van der Waals surface area contributed by atoms with Gasteiger partial charge in [-0.1, -0.05) is 92.7 Å². The van der Waals surface area contributed by atoms with Gasteiger partial charge >= 0.3 is 0 Å². The molecule has 12 nitrogen and oxygen atoms in total. The number of nitrogens with zero attached hydrogens (tertiary/aromatic N) is 6. The lowest BCUT2D eigenvalue weighted by atomic mass is 10.1. The number of rotatable bonds is 13. The lowest BCUT2D eigenvalue weighted by Gasteiger charge is -2.12. The second-order valence-corrected chi connectivity index (χ2v) is 17.1. The molecule has 0 unspecified atom stereocenters. The van der Waals surface area contributed by atoms with Gasteiger partial charge in [-0.15, -0.1) is 0 Å². The summed E-state index contributed by atoms with van der Waals surface area (Å²) in [5.74, 6) is 2.15. The molecule has 2 aliphatic rings. The molecule has 4 N–H and O–H groups in total. The number of anilines is 2. The van der Waals surface area contributed by atoms with Crippen LogP contribution in [0.4, 0.5) is 11.6 Å². The van der Waals surface area contributed by atoms with Crippen molar-refractivity contribution in [3.63, 3.8) is 0 Å². The Balaban J connectivity index is 0.000000152. The minimum atomic E-state index is -0.00996. The second-order valence-electron chi connectivity index (χ2n) is 17.1. The van der Waals surface area contributed by atoms with E-state index in [4.69, 9.17) is 19.9 Å². The van der Waals surface area contributed by atoms with Gasteiger partial charge < -0.3 is 21.3 Å². The zero-order valence-corrected chi connectivity index (χ0v) is 36.0. The van der Waals surface area contributed by atoms with Gasteiger partial charge in [0.25, 0.3) is 11.8 Å². The Morgan fingerprint density at radius 1 is 0.578 bits per heavy atom. The first-order valence-electron chi connectivity index (χ1n) is 22.2. The normalized spacial score (nSPS) is 13.5. The number of benzene rings is 5. The van der Waals surface area contributed by atoms with Crippen LogP contribution in [0, 0.1) is 5.92 Å². The minimum Gasteiger partial charge on any atom is -0.367 e. The zero-order valence-electron chi connectivity index (χ0n) is 36.0. The van der Waals surface area contributed by atoms with E-state index in [0.29, 0.717) is 35.7 Å². The lowest BCUT2D eigenvalue weighted by molar-refractivity contribution is 0.0942. The van der Waals surface area contributed by atoms with Crippen molar-refractivity contribution in [1.29, 1.82) is 0 Å². The molecule has 2 amide bonds. The fourth-order valence-electron chi connectivity index (χ4n) is 7.84. The van der Waals surface area contributed by atoms with Crippen LogP contribution in [0.2, 0.25) is 0 Å². The van der Waals surface area contributed by atoms with Crippen LogP contribution in [0.3, 0.4) is 0 Å². The summed E-state index contributed by atoms with van der Waals surface area (Å²) in [6, 6.07) is 42.6. The van der Waals surface area contributed by atoms with Crippen LogP contribution in [0.15, 0.2) is 140 Å². The Hall–Kier alpha value is -7.60. The van der Waals surface area contributed by atoms with Crippen molar-refractivity contribution in [1.82, 2.24) is 39.4 Å². The van der Waals surface area contributed by atoms with Crippen molar-refractivity contribution in [2.75, 3.05) is 17.2 Å². The zero-order chi connectivity index (χ0) is 43.6. The number of imidazole rings is 2. The first kappa shape index (κ1) is 40.5. The number of aromatic nitrogens is 6. The molecule has 2 saturated carbocycles. The Bertz CT molecular complexity index is 3110. The molecule has 9 aromatic rings. The quantitative estimate of drug-likeness (QED) is 0.0899. The maximum Gasteiger partial charge on any atom is 0.251 e. The highest BCUT2D eigenvalue weighted by molar-refractivity contribution is 5.96. The van der Waals surface area contributed by atoms with Crippen molar-refractivity contribution < 1.29 is 9.59 Å². The highest BCUT2D eigenvalue weighted by atomic mass is 16.2. The average Bonchev–Trinajstić information content (AvgIpc) is 4.24. The maximum atomic E-state index is 12.4. The molecule has 4 heterocycles. The first-order valence-corrected chi connectivity index (χ1v) is 22.2. The summed E-state index contributed by atoms with van der Waals surface area (Å²) in [6.07, 6.45) is 9.15. The number of amides is 2. The minimum absolute atomic E-state index is 0.00141. The highest BCUT2D eigenvalue weighted by Gasteiger charge is 2.25. The van der Waals surface area contributed by atoms with E-state index in [2.05, 4.69) is 68.2 Å². The van der Waals surface area contributed by atoms with Gasteiger partial charge in [0.1, 0.15) is 0 Å². The predicted octanol–water partition coefficient (Wildman–Crippen LogP) is 9.95. The number of nitrogens with one attached hydrogen (secondary N) is 4. The van der Waals surface area contributed by atoms with Crippen molar-refractivity contribution in [3.05, 3.63) is 156 Å². The van der Waals surface area contributed by atoms with Gasteiger partial charge in [-0.05, 0) is 92.1 Å². The third-order valence-corrected chi connectivity index (χ3v) is 11.7. The smallest absolute Gasteiger partial charge is 0.251 e. The molecule has 12 heteroatoms. The first-order chi connectivity index (χ1) is 31.4. The summed E-state index contributed by atoms with van der Waals surface area (Å²) in [5, 5.41) is 13.0. The van der Waals surface area contributed by atoms with E-state index in [9.17, 15) is 9.59 Å². The molecular weight excluding hydrogens is 797 g/mol. The van der Waals surface area contributed by atoms with Gasteiger partial charge in [-0.2, -0.15) is 0 Å². The molecule has 2 aliphatic carbocycles. The van der Waals surface area contributed by atoms with E-state index in [1.165, 1.54) is 5.56 Å². The molecule has 0 radical (unpaired) electrons. The van der Waals surface area contributed by atoms with E-state index in [0.717, 1.165) is 106 Å². The maximum absolute atomic E-state index is 12.4. The van der Waals surface area contributed by atoms with Gasteiger partial charge in [0, 0.05) is 47.4 Å².